The van der Waals surface area contributed by atoms with Gasteiger partial charge in [-0.2, -0.15) is 10.1 Å². The van der Waals surface area contributed by atoms with Crippen LogP contribution in [0.2, 0.25) is 0 Å². The maximum atomic E-state index is 12.7. The molecule has 5 rings (SSSR count). The van der Waals surface area contributed by atoms with Crippen LogP contribution < -0.4 is 0 Å². The van der Waals surface area contributed by atoms with E-state index in [-0.39, 0.29) is 46.7 Å². The summed E-state index contributed by atoms with van der Waals surface area (Å²) in [5, 5.41) is 15.4. The first-order valence-electron chi connectivity index (χ1n) is 7.87. The van der Waals surface area contributed by atoms with E-state index in [9.17, 15) is 19.7 Å². The number of carbonyl (C=O) groups is 2. The highest BCUT2D eigenvalue weighted by atomic mass is 16.6. The molecule has 4 aliphatic rings. The third-order valence-corrected chi connectivity index (χ3v) is 5.92. The number of allylic oxidation sites excluding steroid dienone is 2. The molecule has 0 radical (unpaired) electrons. The summed E-state index contributed by atoms with van der Waals surface area (Å²) >= 11 is 0. The second-order valence-corrected chi connectivity index (χ2v) is 6.89. The van der Waals surface area contributed by atoms with Crippen LogP contribution in [0.5, 0.6) is 0 Å². The Kier molecular flexibility index (Phi) is 2.39. The van der Waals surface area contributed by atoms with Gasteiger partial charge in [-0.05, 0) is 36.2 Å². The van der Waals surface area contributed by atoms with Crippen molar-refractivity contribution in [1.29, 1.82) is 0 Å². The summed E-state index contributed by atoms with van der Waals surface area (Å²) in [4.78, 5) is 35.3. The lowest BCUT2D eigenvalue weighted by molar-refractivity contribution is -0.402. The van der Waals surface area contributed by atoms with Crippen LogP contribution >= 0.6 is 0 Å². The molecule has 122 valence electrons. The molecule has 2 amide bonds. The third-order valence-electron chi connectivity index (χ3n) is 5.92. The Bertz CT molecular complexity index is 816. The molecule has 24 heavy (non-hydrogen) atoms. The highest BCUT2D eigenvalue weighted by Gasteiger charge is 2.73. The van der Waals surface area contributed by atoms with E-state index in [1.165, 1.54) is 18.3 Å². The molecular formula is C16H13N3O5. The van der Waals surface area contributed by atoms with Crippen molar-refractivity contribution in [1.82, 2.24) is 5.01 Å². The highest BCUT2D eigenvalue weighted by molar-refractivity contribution is 6.07. The fourth-order valence-corrected chi connectivity index (χ4v) is 4.80. The molecule has 0 unspecified atom stereocenters. The lowest BCUT2D eigenvalue weighted by atomic mass is 9.85. The first-order valence-corrected chi connectivity index (χ1v) is 7.87. The number of furan rings is 1. The molecule has 1 aliphatic heterocycles. The molecule has 2 bridgehead atoms. The number of hydrazone groups is 1. The van der Waals surface area contributed by atoms with E-state index in [0.29, 0.717) is 0 Å². The van der Waals surface area contributed by atoms with Gasteiger partial charge in [0.05, 0.1) is 24.1 Å². The SMILES string of the molecule is O=C1[C@@H]2[C@H](C(=O)N1/N=C\c1ccc([N+](=O)[O-])o1)[C@H]1C=C[C@H]2C12CC2. The minimum Gasteiger partial charge on any atom is -0.400 e. The average molecular weight is 327 g/mol. The Morgan fingerprint density at radius 3 is 2.33 bits per heavy atom. The van der Waals surface area contributed by atoms with Crippen molar-refractivity contribution in [3.05, 3.63) is 40.2 Å². The van der Waals surface area contributed by atoms with Crippen molar-refractivity contribution in [3.8, 4) is 0 Å². The molecule has 0 aromatic carbocycles. The van der Waals surface area contributed by atoms with E-state index in [4.69, 9.17) is 4.42 Å². The molecular weight excluding hydrogens is 314 g/mol. The maximum absolute atomic E-state index is 12.7. The third kappa shape index (κ3) is 1.50. The summed E-state index contributed by atoms with van der Waals surface area (Å²) in [7, 11) is 0. The molecule has 4 atom stereocenters. The van der Waals surface area contributed by atoms with E-state index in [1.54, 1.807) is 0 Å². The van der Waals surface area contributed by atoms with Crippen molar-refractivity contribution in [2.24, 2.45) is 34.2 Å². The summed E-state index contributed by atoms with van der Waals surface area (Å²) in [5.41, 5.74) is 0.151. The van der Waals surface area contributed by atoms with Gasteiger partial charge in [0.2, 0.25) is 0 Å². The number of carbonyl (C=O) groups excluding carboxylic acids is 2. The zero-order valence-electron chi connectivity index (χ0n) is 12.5. The summed E-state index contributed by atoms with van der Waals surface area (Å²) in [6.07, 6.45) is 7.52. The van der Waals surface area contributed by atoms with Gasteiger partial charge in [0.25, 0.3) is 11.8 Å². The topological polar surface area (TPSA) is 106 Å². The summed E-state index contributed by atoms with van der Waals surface area (Å²) in [5.74, 6) is -1.15. The number of hydrogen-bond donors (Lipinski definition) is 0. The Morgan fingerprint density at radius 1 is 1.21 bits per heavy atom. The molecule has 0 N–H and O–H groups in total. The first-order chi connectivity index (χ1) is 11.5. The van der Waals surface area contributed by atoms with Crippen LogP contribution in [0.3, 0.4) is 0 Å². The van der Waals surface area contributed by atoms with E-state index in [2.05, 4.69) is 17.3 Å². The van der Waals surface area contributed by atoms with Crippen molar-refractivity contribution in [2.45, 2.75) is 12.8 Å². The predicted octanol–water partition coefficient (Wildman–Crippen LogP) is 1.72. The second-order valence-electron chi connectivity index (χ2n) is 6.89. The Hall–Kier alpha value is -2.77. The number of nitrogens with zero attached hydrogens (tertiary/aromatic N) is 3. The number of rotatable bonds is 3. The fourth-order valence-electron chi connectivity index (χ4n) is 4.80. The normalized spacial score (nSPS) is 34.8. The number of imide groups is 1. The molecule has 2 saturated carbocycles. The van der Waals surface area contributed by atoms with Crippen LogP contribution in [0.15, 0.2) is 33.8 Å². The molecule has 2 heterocycles. The van der Waals surface area contributed by atoms with Gasteiger partial charge >= 0.3 is 5.88 Å². The minimum atomic E-state index is -0.660. The predicted molar refractivity (Wildman–Crippen MR) is 79.6 cm³/mol. The van der Waals surface area contributed by atoms with Crippen LogP contribution in [-0.4, -0.2) is 28.0 Å². The zero-order chi connectivity index (χ0) is 16.6. The summed E-state index contributed by atoms with van der Waals surface area (Å²) < 4.78 is 4.96. The lowest BCUT2D eigenvalue weighted by Crippen LogP contribution is -2.30. The van der Waals surface area contributed by atoms with E-state index < -0.39 is 10.8 Å². The molecule has 8 nitrogen and oxygen atoms in total. The monoisotopic (exact) mass is 327 g/mol. The quantitative estimate of drug-likeness (QED) is 0.276. The Morgan fingerprint density at radius 2 is 1.83 bits per heavy atom. The van der Waals surface area contributed by atoms with Gasteiger partial charge in [0, 0.05) is 0 Å². The molecule has 1 saturated heterocycles. The average Bonchev–Trinajstić information content (AvgIpc) is 2.84. The second kappa shape index (κ2) is 4.19. The fraction of sp³-hybridized carbons (Fsp3) is 0.438. The smallest absolute Gasteiger partial charge is 0.400 e. The van der Waals surface area contributed by atoms with Crippen molar-refractivity contribution < 1.29 is 18.9 Å². The van der Waals surface area contributed by atoms with Crippen LogP contribution in [-0.2, 0) is 9.59 Å². The van der Waals surface area contributed by atoms with Crippen LogP contribution in [0.25, 0.3) is 0 Å². The van der Waals surface area contributed by atoms with Crippen molar-refractivity contribution in [2.75, 3.05) is 0 Å². The number of amides is 2. The van der Waals surface area contributed by atoms with Crippen molar-refractivity contribution in [3.63, 3.8) is 0 Å². The van der Waals surface area contributed by atoms with Gasteiger partial charge in [-0.25, -0.2) is 0 Å². The van der Waals surface area contributed by atoms with Gasteiger partial charge in [-0.1, -0.05) is 12.2 Å². The van der Waals surface area contributed by atoms with Crippen LogP contribution in [0, 0.1) is 39.2 Å². The van der Waals surface area contributed by atoms with E-state index in [0.717, 1.165) is 17.9 Å². The minimum absolute atomic E-state index is 0.124. The highest BCUT2D eigenvalue weighted by Crippen LogP contribution is 2.73. The first kappa shape index (κ1) is 13.6. The lowest BCUT2D eigenvalue weighted by Gasteiger charge is -2.18. The molecule has 1 aromatic heterocycles. The Balaban J connectivity index is 1.41. The number of nitro groups is 1. The van der Waals surface area contributed by atoms with Gasteiger partial charge in [0.1, 0.15) is 4.92 Å². The van der Waals surface area contributed by atoms with Crippen LogP contribution in [0.1, 0.15) is 18.6 Å². The summed E-state index contributed by atoms with van der Waals surface area (Å²) in [6, 6.07) is 2.57. The number of hydrogen-bond acceptors (Lipinski definition) is 6. The molecule has 1 aromatic rings. The van der Waals surface area contributed by atoms with E-state index >= 15 is 0 Å². The van der Waals surface area contributed by atoms with E-state index in [1.807, 2.05) is 0 Å². The Labute approximate surface area is 135 Å². The number of fused-ring (bicyclic) bond motifs is 3. The van der Waals surface area contributed by atoms with Gasteiger partial charge in [-0.15, -0.1) is 0 Å². The maximum Gasteiger partial charge on any atom is 0.433 e. The van der Waals surface area contributed by atoms with Crippen molar-refractivity contribution >= 4 is 23.9 Å². The zero-order valence-corrected chi connectivity index (χ0v) is 12.5. The van der Waals surface area contributed by atoms with Crippen LogP contribution in [0.4, 0.5) is 5.88 Å². The van der Waals surface area contributed by atoms with Gasteiger partial charge in [0.15, 0.2) is 5.76 Å². The molecule has 8 heteroatoms. The largest absolute Gasteiger partial charge is 0.433 e. The standard InChI is InChI=1S/C16H13N3O5/c20-14-12-9-2-3-10(16(9)5-6-16)13(12)15(21)18(14)17-7-8-1-4-11(24-8)19(22)23/h1-4,7,9-10,12-13H,5-6H2/b17-7-/t9-,10-,12-,13+/m1/s1. The molecule has 1 spiro atoms. The molecule has 3 aliphatic carbocycles. The summed E-state index contributed by atoms with van der Waals surface area (Å²) in [6.45, 7) is 0. The van der Waals surface area contributed by atoms with Gasteiger partial charge in [-0.3, -0.25) is 19.7 Å². The molecule has 3 fully saturated rings. The van der Waals surface area contributed by atoms with Gasteiger partial charge < -0.3 is 4.42 Å².